The van der Waals surface area contributed by atoms with E-state index in [-0.39, 0.29) is 11.2 Å². The number of thioether (sulfide) groups is 1. The molecule has 8 heteroatoms. The summed E-state index contributed by atoms with van der Waals surface area (Å²) in [5, 5.41) is 13.2. The summed E-state index contributed by atoms with van der Waals surface area (Å²) in [4.78, 5) is 17.8. The second kappa shape index (κ2) is 10.6. The van der Waals surface area contributed by atoms with Gasteiger partial charge in [-0.15, -0.1) is 10.2 Å². The highest BCUT2D eigenvalue weighted by Gasteiger charge is 2.21. The van der Waals surface area contributed by atoms with E-state index in [1.54, 1.807) is 0 Å². The van der Waals surface area contributed by atoms with Crippen molar-refractivity contribution >= 4 is 55.7 Å². The van der Waals surface area contributed by atoms with Gasteiger partial charge in [-0.3, -0.25) is 4.79 Å². The van der Waals surface area contributed by atoms with Gasteiger partial charge in [0.2, 0.25) is 11.1 Å². The lowest BCUT2D eigenvalue weighted by Crippen LogP contribution is -2.32. The Morgan fingerprint density at radius 3 is 2.49 bits per heavy atom. The van der Waals surface area contributed by atoms with Crippen LogP contribution in [0.25, 0.3) is 22.1 Å². The van der Waals surface area contributed by atoms with Crippen molar-refractivity contribution in [3.63, 3.8) is 0 Å². The minimum absolute atomic E-state index is 0.0274. The monoisotopic (exact) mass is 545 g/mol. The molecule has 5 rings (SSSR count). The van der Waals surface area contributed by atoms with Crippen LogP contribution in [-0.2, 0) is 17.9 Å². The van der Waals surface area contributed by atoms with Crippen molar-refractivity contribution in [1.29, 1.82) is 0 Å². The van der Waals surface area contributed by atoms with Gasteiger partial charge in [-0.1, -0.05) is 95.3 Å². The molecule has 1 N–H and O–H groups in total. The highest BCUT2D eigenvalue weighted by molar-refractivity contribution is 9.10. The molecule has 1 unspecified atom stereocenters. The Morgan fingerprint density at radius 2 is 1.71 bits per heavy atom. The SMILES string of the molecule is CCC(Sc1nnc2c3ccccc3n(Cc3ccc(Br)cc3)c2n1)C(=O)NCc1ccccc1. The highest BCUT2D eigenvalue weighted by atomic mass is 79.9. The number of halogens is 1. The van der Waals surface area contributed by atoms with Crippen molar-refractivity contribution in [3.05, 3.63) is 94.5 Å². The van der Waals surface area contributed by atoms with Crippen LogP contribution in [0.5, 0.6) is 0 Å². The fraction of sp³-hybridized carbons (Fsp3) is 0.185. The van der Waals surface area contributed by atoms with Crippen LogP contribution in [0.3, 0.4) is 0 Å². The molecular formula is C27H24BrN5OS. The van der Waals surface area contributed by atoms with E-state index in [9.17, 15) is 4.79 Å². The van der Waals surface area contributed by atoms with Crippen LogP contribution in [0.4, 0.5) is 0 Å². The number of amides is 1. The normalized spacial score (nSPS) is 12.2. The van der Waals surface area contributed by atoms with Crippen molar-refractivity contribution in [3.8, 4) is 0 Å². The third-order valence-electron chi connectivity index (χ3n) is 5.83. The number of nitrogens with zero attached hydrogens (tertiary/aromatic N) is 4. The molecule has 2 aromatic heterocycles. The molecule has 1 atom stereocenters. The first kappa shape index (κ1) is 23.5. The van der Waals surface area contributed by atoms with Gasteiger partial charge in [0.1, 0.15) is 5.52 Å². The molecule has 0 aliphatic heterocycles. The second-order valence-electron chi connectivity index (χ2n) is 8.21. The molecule has 176 valence electrons. The van der Waals surface area contributed by atoms with Crippen molar-refractivity contribution in [2.75, 3.05) is 0 Å². The van der Waals surface area contributed by atoms with Gasteiger partial charge < -0.3 is 9.88 Å². The van der Waals surface area contributed by atoms with Gasteiger partial charge >= 0.3 is 0 Å². The van der Waals surface area contributed by atoms with Crippen molar-refractivity contribution in [1.82, 2.24) is 25.1 Å². The maximum Gasteiger partial charge on any atom is 0.233 e. The first-order valence-electron chi connectivity index (χ1n) is 11.5. The van der Waals surface area contributed by atoms with E-state index in [0.717, 1.165) is 37.7 Å². The van der Waals surface area contributed by atoms with Crippen molar-refractivity contribution < 1.29 is 4.79 Å². The molecule has 0 saturated carbocycles. The van der Waals surface area contributed by atoms with Gasteiger partial charge in [-0.05, 0) is 35.7 Å². The Hall–Kier alpha value is -3.23. The number of carbonyl (C=O) groups excluding carboxylic acids is 1. The van der Waals surface area contributed by atoms with Gasteiger partial charge in [-0.2, -0.15) is 0 Å². The predicted octanol–water partition coefficient (Wildman–Crippen LogP) is 5.98. The summed E-state index contributed by atoms with van der Waals surface area (Å²) in [5.74, 6) is -0.0274. The standard InChI is InChI=1S/C27H24BrN5OS/c1-2-23(26(34)29-16-18-8-4-3-5-9-18)35-27-30-25-24(31-32-27)21-10-6-7-11-22(21)33(25)17-19-12-14-20(28)15-13-19/h3-15,23H,2,16-17H2,1H3,(H,29,34). The number of benzene rings is 3. The molecule has 1 amide bonds. The van der Waals surface area contributed by atoms with Gasteiger partial charge in [0, 0.05) is 22.9 Å². The summed E-state index contributed by atoms with van der Waals surface area (Å²) in [5.41, 5.74) is 4.82. The number of rotatable bonds is 8. The summed E-state index contributed by atoms with van der Waals surface area (Å²) in [6, 6.07) is 26.3. The summed E-state index contributed by atoms with van der Waals surface area (Å²) >= 11 is 4.86. The zero-order chi connectivity index (χ0) is 24.2. The Balaban J connectivity index is 1.43. The first-order chi connectivity index (χ1) is 17.1. The molecule has 0 aliphatic carbocycles. The molecule has 0 saturated heterocycles. The number of para-hydroxylation sites is 1. The second-order valence-corrected chi connectivity index (χ2v) is 10.3. The Bertz CT molecular complexity index is 1470. The van der Waals surface area contributed by atoms with Gasteiger partial charge in [-0.25, -0.2) is 4.98 Å². The number of carbonyl (C=O) groups is 1. The van der Waals surface area contributed by atoms with Gasteiger partial charge in [0.15, 0.2) is 5.65 Å². The first-order valence-corrected chi connectivity index (χ1v) is 13.1. The van der Waals surface area contributed by atoms with E-state index >= 15 is 0 Å². The number of nitrogens with one attached hydrogen (secondary N) is 1. The quantitative estimate of drug-likeness (QED) is 0.243. The van der Waals surface area contributed by atoms with Crippen LogP contribution in [0, 0.1) is 0 Å². The molecule has 5 aromatic rings. The summed E-state index contributed by atoms with van der Waals surface area (Å²) in [7, 11) is 0. The number of hydrogen-bond donors (Lipinski definition) is 1. The van der Waals surface area contributed by atoms with E-state index in [1.807, 2.05) is 67.6 Å². The van der Waals surface area contributed by atoms with Crippen LogP contribution in [-0.4, -0.2) is 30.9 Å². The third-order valence-corrected chi connectivity index (χ3v) is 7.57. The van der Waals surface area contributed by atoms with Crippen LogP contribution in [0.2, 0.25) is 0 Å². The van der Waals surface area contributed by atoms with Crippen molar-refractivity contribution in [2.45, 2.75) is 36.8 Å². The lowest BCUT2D eigenvalue weighted by Gasteiger charge is -2.14. The molecular weight excluding hydrogens is 522 g/mol. The molecule has 0 aliphatic rings. The number of hydrogen-bond acceptors (Lipinski definition) is 5. The molecule has 6 nitrogen and oxygen atoms in total. The van der Waals surface area contributed by atoms with Gasteiger partial charge in [0.05, 0.1) is 10.8 Å². The maximum absolute atomic E-state index is 12.9. The minimum Gasteiger partial charge on any atom is -0.351 e. The van der Waals surface area contributed by atoms with Gasteiger partial charge in [0.25, 0.3) is 0 Å². The Kier molecular flexibility index (Phi) is 7.11. The lowest BCUT2D eigenvalue weighted by atomic mass is 10.2. The fourth-order valence-electron chi connectivity index (χ4n) is 4.02. The van der Waals surface area contributed by atoms with Crippen LogP contribution in [0.15, 0.2) is 88.5 Å². The molecule has 0 spiro atoms. The van der Waals surface area contributed by atoms with E-state index in [0.29, 0.717) is 24.7 Å². The summed E-state index contributed by atoms with van der Waals surface area (Å²) in [6.45, 7) is 3.15. The molecule has 0 fully saturated rings. The predicted molar refractivity (Wildman–Crippen MR) is 144 cm³/mol. The average molecular weight is 546 g/mol. The van der Waals surface area contributed by atoms with E-state index in [2.05, 4.69) is 54.2 Å². The summed E-state index contributed by atoms with van der Waals surface area (Å²) < 4.78 is 3.21. The Labute approximate surface area is 216 Å². The van der Waals surface area contributed by atoms with E-state index < -0.39 is 0 Å². The number of fused-ring (bicyclic) bond motifs is 3. The molecule has 3 aromatic carbocycles. The fourth-order valence-corrected chi connectivity index (χ4v) is 5.12. The number of aromatic nitrogens is 4. The minimum atomic E-state index is -0.303. The third kappa shape index (κ3) is 5.23. The van der Waals surface area contributed by atoms with Crippen LogP contribution >= 0.6 is 27.7 Å². The molecule has 2 heterocycles. The largest absolute Gasteiger partial charge is 0.351 e. The highest BCUT2D eigenvalue weighted by Crippen LogP contribution is 2.29. The zero-order valence-electron chi connectivity index (χ0n) is 19.2. The smallest absolute Gasteiger partial charge is 0.233 e. The molecule has 0 bridgehead atoms. The topological polar surface area (TPSA) is 72.7 Å². The maximum atomic E-state index is 12.9. The van der Waals surface area contributed by atoms with Crippen LogP contribution in [0.1, 0.15) is 24.5 Å². The molecule has 0 radical (unpaired) electrons. The average Bonchev–Trinajstić information content (AvgIpc) is 3.20. The van der Waals surface area contributed by atoms with E-state index in [1.165, 1.54) is 11.8 Å². The zero-order valence-corrected chi connectivity index (χ0v) is 21.6. The summed E-state index contributed by atoms with van der Waals surface area (Å²) in [6.07, 6.45) is 0.661. The Morgan fingerprint density at radius 1 is 0.971 bits per heavy atom. The van der Waals surface area contributed by atoms with Crippen molar-refractivity contribution in [2.24, 2.45) is 0 Å². The lowest BCUT2D eigenvalue weighted by molar-refractivity contribution is -0.120. The van der Waals surface area contributed by atoms with Crippen LogP contribution < -0.4 is 5.32 Å². The molecule has 35 heavy (non-hydrogen) atoms. The van der Waals surface area contributed by atoms with E-state index in [4.69, 9.17) is 4.98 Å².